The molecule has 2 aromatic carbocycles. The molecule has 0 aliphatic carbocycles. The monoisotopic (exact) mass is 341 g/mol. The summed E-state index contributed by atoms with van der Waals surface area (Å²) in [7, 11) is 0. The molecule has 1 aliphatic heterocycles. The molecule has 2 aromatic rings. The molecule has 0 spiro atoms. The number of aliphatic carboxylic acids is 1. The van der Waals surface area contributed by atoms with E-state index in [9.17, 15) is 14.3 Å². The molecule has 4 heteroatoms. The van der Waals surface area contributed by atoms with Gasteiger partial charge in [0.2, 0.25) is 0 Å². The molecule has 132 valence electrons. The zero-order chi connectivity index (χ0) is 18.0. The SMILES string of the molecule is Cc1cc(C)cc(C(c2ccc(F)cc2)N2CCCC(C(=O)O)C2)c1. The molecule has 3 nitrogen and oxygen atoms in total. The van der Waals surface area contributed by atoms with E-state index >= 15 is 0 Å². The summed E-state index contributed by atoms with van der Waals surface area (Å²) < 4.78 is 13.4. The second-order valence-corrected chi connectivity index (χ2v) is 7.05. The largest absolute Gasteiger partial charge is 0.481 e. The molecule has 2 unspecified atom stereocenters. The average molecular weight is 341 g/mol. The highest BCUT2D eigenvalue weighted by atomic mass is 19.1. The van der Waals surface area contributed by atoms with Gasteiger partial charge in [-0.1, -0.05) is 41.5 Å². The van der Waals surface area contributed by atoms with Crippen LogP contribution in [0.2, 0.25) is 0 Å². The standard InChI is InChI=1S/C21H24FNO2/c1-14-10-15(2)12-18(11-14)20(16-5-7-19(22)8-6-16)23-9-3-4-17(13-23)21(24)25/h5-8,10-12,17,20H,3-4,9,13H2,1-2H3,(H,24,25). The predicted octanol–water partition coefficient (Wildman–Crippen LogP) is 4.33. The van der Waals surface area contributed by atoms with E-state index in [0.717, 1.165) is 30.5 Å². The highest BCUT2D eigenvalue weighted by molar-refractivity contribution is 5.70. The molecule has 1 aliphatic rings. The minimum Gasteiger partial charge on any atom is -0.481 e. The van der Waals surface area contributed by atoms with Crippen LogP contribution in [-0.2, 0) is 4.79 Å². The lowest BCUT2D eigenvalue weighted by molar-refractivity contribution is -0.143. The maximum absolute atomic E-state index is 13.4. The van der Waals surface area contributed by atoms with E-state index in [1.54, 1.807) is 0 Å². The Morgan fingerprint density at radius 2 is 1.76 bits per heavy atom. The first-order chi connectivity index (χ1) is 11.9. The minimum atomic E-state index is -0.733. The van der Waals surface area contributed by atoms with Gasteiger partial charge in [0.05, 0.1) is 12.0 Å². The Bertz CT molecular complexity index is 737. The van der Waals surface area contributed by atoms with Crippen molar-refractivity contribution in [3.63, 3.8) is 0 Å². The van der Waals surface area contributed by atoms with Gasteiger partial charge in [0.15, 0.2) is 0 Å². The van der Waals surface area contributed by atoms with Crippen LogP contribution in [0.25, 0.3) is 0 Å². The number of carboxylic acid groups (broad SMARTS) is 1. The molecule has 1 saturated heterocycles. The van der Waals surface area contributed by atoms with Gasteiger partial charge in [0, 0.05) is 6.54 Å². The topological polar surface area (TPSA) is 40.5 Å². The number of hydrogen-bond donors (Lipinski definition) is 1. The van der Waals surface area contributed by atoms with Gasteiger partial charge in [0.25, 0.3) is 0 Å². The third-order valence-corrected chi connectivity index (χ3v) is 4.91. The Morgan fingerprint density at radius 1 is 1.12 bits per heavy atom. The number of benzene rings is 2. The molecule has 1 N–H and O–H groups in total. The van der Waals surface area contributed by atoms with Crippen LogP contribution in [0.15, 0.2) is 42.5 Å². The number of nitrogens with zero attached hydrogens (tertiary/aromatic N) is 1. The van der Waals surface area contributed by atoms with E-state index in [-0.39, 0.29) is 17.8 Å². The number of carbonyl (C=O) groups is 1. The Kier molecular flexibility index (Phi) is 5.19. The van der Waals surface area contributed by atoms with Crippen LogP contribution in [-0.4, -0.2) is 29.1 Å². The quantitative estimate of drug-likeness (QED) is 0.900. The van der Waals surface area contributed by atoms with Crippen LogP contribution in [0.4, 0.5) is 4.39 Å². The summed E-state index contributed by atoms with van der Waals surface area (Å²) >= 11 is 0. The fourth-order valence-corrected chi connectivity index (χ4v) is 3.87. The molecule has 1 fully saturated rings. The number of hydrogen-bond acceptors (Lipinski definition) is 2. The van der Waals surface area contributed by atoms with Gasteiger partial charge in [-0.3, -0.25) is 9.69 Å². The normalized spacial score (nSPS) is 19.6. The highest BCUT2D eigenvalue weighted by Crippen LogP contribution is 2.33. The first-order valence-corrected chi connectivity index (χ1v) is 8.74. The Morgan fingerprint density at radius 3 is 2.36 bits per heavy atom. The van der Waals surface area contributed by atoms with Gasteiger partial charge >= 0.3 is 5.97 Å². The molecule has 2 atom stereocenters. The van der Waals surface area contributed by atoms with Gasteiger partial charge in [-0.25, -0.2) is 4.39 Å². The first-order valence-electron chi connectivity index (χ1n) is 8.74. The van der Waals surface area contributed by atoms with Crippen molar-refractivity contribution in [3.8, 4) is 0 Å². The van der Waals surface area contributed by atoms with Crippen molar-refractivity contribution in [1.82, 2.24) is 4.90 Å². The molecule has 0 aromatic heterocycles. The summed E-state index contributed by atoms with van der Waals surface area (Å²) in [6, 6.07) is 12.9. The molecule has 25 heavy (non-hydrogen) atoms. The van der Waals surface area contributed by atoms with Crippen molar-refractivity contribution in [2.75, 3.05) is 13.1 Å². The first kappa shape index (κ1) is 17.6. The van der Waals surface area contributed by atoms with E-state index in [1.807, 2.05) is 12.1 Å². The van der Waals surface area contributed by atoms with E-state index < -0.39 is 5.97 Å². The number of rotatable bonds is 4. The van der Waals surface area contributed by atoms with E-state index in [4.69, 9.17) is 0 Å². The second-order valence-electron chi connectivity index (χ2n) is 7.05. The zero-order valence-electron chi connectivity index (χ0n) is 14.7. The molecular formula is C21H24FNO2. The summed E-state index contributed by atoms with van der Waals surface area (Å²) in [5.74, 6) is -1.34. The van der Waals surface area contributed by atoms with Crippen LogP contribution in [0.3, 0.4) is 0 Å². The van der Waals surface area contributed by atoms with Gasteiger partial charge in [-0.15, -0.1) is 0 Å². The molecule has 0 amide bonds. The molecule has 0 bridgehead atoms. The van der Waals surface area contributed by atoms with Crippen LogP contribution < -0.4 is 0 Å². The zero-order valence-corrected chi connectivity index (χ0v) is 14.7. The highest BCUT2D eigenvalue weighted by Gasteiger charge is 2.31. The van der Waals surface area contributed by atoms with Crippen molar-refractivity contribution in [2.24, 2.45) is 5.92 Å². The van der Waals surface area contributed by atoms with Crippen LogP contribution in [0.5, 0.6) is 0 Å². The minimum absolute atomic E-state index is 0.0543. The van der Waals surface area contributed by atoms with Gasteiger partial charge in [0.1, 0.15) is 5.82 Å². The smallest absolute Gasteiger partial charge is 0.307 e. The fraction of sp³-hybridized carbons (Fsp3) is 0.381. The van der Waals surface area contributed by atoms with Crippen LogP contribution in [0.1, 0.15) is 41.1 Å². The second kappa shape index (κ2) is 7.36. The third kappa shape index (κ3) is 4.07. The summed E-state index contributed by atoms with van der Waals surface area (Å²) in [5, 5.41) is 9.43. The third-order valence-electron chi connectivity index (χ3n) is 4.91. The summed E-state index contributed by atoms with van der Waals surface area (Å²) in [6.45, 7) is 5.49. The van der Waals surface area contributed by atoms with Crippen molar-refractivity contribution in [3.05, 3.63) is 70.5 Å². The predicted molar refractivity (Wildman–Crippen MR) is 96.1 cm³/mol. The Balaban J connectivity index is 2.02. The summed E-state index contributed by atoms with van der Waals surface area (Å²) in [6.07, 6.45) is 1.58. The van der Waals surface area contributed by atoms with Crippen molar-refractivity contribution in [1.29, 1.82) is 0 Å². The number of halogens is 1. The van der Waals surface area contributed by atoms with E-state index in [2.05, 4.69) is 36.9 Å². The Labute approximate surface area is 148 Å². The lowest BCUT2D eigenvalue weighted by Crippen LogP contribution is -2.41. The molecule has 0 radical (unpaired) electrons. The average Bonchev–Trinajstić information content (AvgIpc) is 2.56. The molecule has 1 heterocycles. The van der Waals surface area contributed by atoms with Crippen LogP contribution in [0, 0.1) is 25.6 Å². The number of likely N-dealkylation sites (tertiary alicyclic amines) is 1. The van der Waals surface area contributed by atoms with E-state index in [1.165, 1.54) is 23.3 Å². The summed E-state index contributed by atoms with van der Waals surface area (Å²) in [5.41, 5.74) is 4.48. The molecule has 3 rings (SSSR count). The summed E-state index contributed by atoms with van der Waals surface area (Å²) in [4.78, 5) is 13.7. The van der Waals surface area contributed by atoms with Crippen molar-refractivity contribution in [2.45, 2.75) is 32.7 Å². The van der Waals surface area contributed by atoms with Gasteiger partial charge in [-0.2, -0.15) is 0 Å². The number of aryl methyl sites for hydroxylation is 2. The molecule has 0 saturated carbocycles. The number of carboxylic acids is 1. The number of piperidine rings is 1. The van der Waals surface area contributed by atoms with Crippen molar-refractivity contribution < 1.29 is 14.3 Å². The lowest BCUT2D eigenvalue weighted by Gasteiger charge is -2.38. The Hall–Kier alpha value is -2.20. The lowest BCUT2D eigenvalue weighted by atomic mass is 9.90. The van der Waals surface area contributed by atoms with Crippen LogP contribution >= 0.6 is 0 Å². The molecular weight excluding hydrogens is 317 g/mol. The maximum atomic E-state index is 13.4. The van der Waals surface area contributed by atoms with Gasteiger partial charge in [-0.05, 0) is 56.5 Å². The maximum Gasteiger partial charge on any atom is 0.307 e. The van der Waals surface area contributed by atoms with E-state index in [0.29, 0.717) is 6.54 Å². The van der Waals surface area contributed by atoms with Crippen molar-refractivity contribution >= 4 is 5.97 Å². The fourth-order valence-electron chi connectivity index (χ4n) is 3.87. The van der Waals surface area contributed by atoms with Gasteiger partial charge < -0.3 is 5.11 Å².